The topological polar surface area (TPSA) is 83.5 Å². The average molecular weight is 392 g/mol. The second-order valence-electron chi connectivity index (χ2n) is 6.41. The Hall–Kier alpha value is -1.99. The highest BCUT2D eigenvalue weighted by molar-refractivity contribution is 7.84. The molecular formula is C19H21NO4S2. The molecule has 2 N–H and O–H groups in total. The molecule has 1 saturated carbocycles. The van der Waals surface area contributed by atoms with E-state index >= 15 is 0 Å². The summed E-state index contributed by atoms with van der Waals surface area (Å²) >= 11 is 0.942. The summed E-state index contributed by atoms with van der Waals surface area (Å²) in [5, 5.41) is 12.0. The van der Waals surface area contributed by atoms with Crippen LogP contribution in [0.25, 0.3) is 0 Å². The summed E-state index contributed by atoms with van der Waals surface area (Å²) in [6.07, 6.45) is 5.62. The van der Waals surface area contributed by atoms with E-state index in [1.54, 1.807) is 6.07 Å². The summed E-state index contributed by atoms with van der Waals surface area (Å²) in [4.78, 5) is 23.7. The van der Waals surface area contributed by atoms with Crippen LogP contribution in [0.4, 0.5) is 5.69 Å². The number of carbonyl (C=O) groups excluding carboxylic acids is 1. The number of carboxylic acids is 1. The zero-order chi connectivity index (χ0) is 18.5. The normalized spacial score (nSPS) is 16.2. The van der Waals surface area contributed by atoms with E-state index < -0.39 is 16.8 Å². The predicted molar refractivity (Wildman–Crippen MR) is 104 cm³/mol. The van der Waals surface area contributed by atoms with Crippen LogP contribution in [0.15, 0.2) is 36.4 Å². The van der Waals surface area contributed by atoms with Gasteiger partial charge in [-0.1, -0.05) is 31.4 Å². The molecule has 1 fully saturated rings. The van der Waals surface area contributed by atoms with Gasteiger partial charge in [0.25, 0.3) is 5.91 Å². The van der Waals surface area contributed by atoms with E-state index in [1.807, 2.05) is 18.2 Å². The average Bonchev–Trinajstić information content (AvgIpc) is 3.13. The van der Waals surface area contributed by atoms with Gasteiger partial charge in [0.1, 0.15) is 4.88 Å². The Morgan fingerprint density at radius 1 is 1.12 bits per heavy atom. The van der Waals surface area contributed by atoms with Crippen molar-refractivity contribution < 1.29 is 18.9 Å². The van der Waals surface area contributed by atoms with Crippen molar-refractivity contribution in [1.82, 2.24) is 0 Å². The second kappa shape index (κ2) is 8.60. The third kappa shape index (κ3) is 4.80. The van der Waals surface area contributed by atoms with Gasteiger partial charge in [0, 0.05) is 27.5 Å². The third-order valence-corrected chi connectivity index (χ3v) is 7.36. The highest BCUT2D eigenvalue weighted by atomic mass is 32.2. The molecule has 1 unspecified atom stereocenters. The number of carbonyl (C=O) groups is 2. The number of carboxylic acid groups (broad SMARTS) is 1. The number of nitrogens with one attached hydrogen (secondary N) is 1. The van der Waals surface area contributed by atoms with Gasteiger partial charge in [0.05, 0.1) is 4.88 Å². The van der Waals surface area contributed by atoms with Gasteiger partial charge in [-0.25, -0.2) is 4.79 Å². The van der Waals surface area contributed by atoms with Crippen LogP contribution >= 0.6 is 11.3 Å². The first-order valence-electron chi connectivity index (χ1n) is 8.63. The molecule has 0 aliphatic heterocycles. The lowest BCUT2D eigenvalue weighted by molar-refractivity contribution is 0.0702. The molecule has 1 aliphatic rings. The van der Waals surface area contributed by atoms with Gasteiger partial charge in [-0.15, -0.1) is 11.3 Å². The van der Waals surface area contributed by atoms with Gasteiger partial charge in [0.2, 0.25) is 0 Å². The lowest BCUT2D eigenvalue weighted by Crippen LogP contribution is -2.19. The van der Waals surface area contributed by atoms with Crippen molar-refractivity contribution in [1.29, 1.82) is 0 Å². The number of thiophene rings is 1. The SMILES string of the molecule is O=C(O)c1ccc(C(=O)Nc2cccc(CS(=O)C3CCCCC3)c2)s1. The Morgan fingerprint density at radius 3 is 2.54 bits per heavy atom. The largest absolute Gasteiger partial charge is 0.477 e. The third-order valence-electron chi connectivity index (χ3n) is 4.46. The van der Waals surface area contributed by atoms with Crippen LogP contribution in [-0.4, -0.2) is 26.4 Å². The molecule has 1 atom stereocenters. The van der Waals surface area contributed by atoms with Crippen molar-refractivity contribution in [3.63, 3.8) is 0 Å². The highest BCUT2D eigenvalue weighted by Crippen LogP contribution is 2.25. The van der Waals surface area contributed by atoms with Crippen molar-refractivity contribution in [3.05, 3.63) is 51.7 Å². The Labute approximate surface area is 158 Å². The standard InChI is InChI=1S/C19H21NO4S2/c21-18(16-9-10-17(25-16)19(22)23)20-14-6-4-5-13(11-14)12-26(24)15-7-2-1-3-8-15/h4-6,9-11,15H,1-3,7-8,12H2,(H,20,21)(H,22,23). The second-order valence-corrected chi connectivity index (χ2v) is 9.21. The Morgan fingerprint density at radius 2 is 1.85 bits per heavy atom. The molecule has 0 saturated heterocycles. The van der Waals surface area contributed by atoms with Crippen LogP contribution < -0.4 is 5.32 Å². The van der Waals surface area contributed by atoms with Crippen molar-refractivity contribution in [3.8, 4) is 0 Å². The quantitative estimate of drug-likeness (QED) is 0.770. The Kier molecular flexibility index (Phi) is 6.21. The predicted octanol–water partition coefficient (Wildman–Crippen LogP) is 4.28. The summed E-state index contributed by atoms with van der Waals surface area (Å²) in [5.74, 6) is -0.884. The first-order chi connectivity index (χ1) is 12.5. The fraction of sp³-hybridized carbons (Fsp3) is 0.368. The molecule has 0 bridgehead atoms. The van der Waals surface area contributed by atoms with E-state index in [4.69, 9.17) is 5.11 Å². The monoisotopic (exact) mass is 391 g/mol. The van der Waals surface area contributed by atoms with Gasteiger partial charge < -0.3 is 10.4 Å². The molecule has 1 heterocycles. The Balaban J connectivity index is 1.63. The summed E-state index contributed by atoms with van der Waals surface area (Å²) in [6, 6.07) is 10.3. The molecule has 3 rings (SSSR count). The van der Waals surface area contributed by atoms with Gasteiger partial charge >= 0.3 is 5.97 Å². The summed E-state index contributed by atoms with van der Waals surface area (Å²) in [5.41, 5.74) is 1.56. The first-order valence-corrected chi connectivity index (χ1v) is 10.8. The zero-order valence-electron chi connectivity index (χ0n) is 14.3. The molecule has 1 aromatic carbocycles. The number of benzene rings is 1. The molecule has 5 nitrogen and oxygen atoms in total. The maximum Gasteiger partial charge on any atom is 0.345 e. The molecule has 1 aromatic heterocycles. The number of hydrogen-bond donors (Lipinski definition) is 2. The smallest absolute Gasteiger partial charge is 0.345 e. The maximum absolute atomic E-state index is 12.6. The van der Waals surface area contributed by atoms with E-state index in [9.17, 15) is 13.8 Å². The van der Waals surface area contributed by atoms with Gasteiger partial charge in [-0.2, -0.15) is 0 Å². The van der Waals surface area contributed by atoms with E-state index in [-0.39, 0.29) is 16.0 Å². The van der Waals surface area contributed by atoms with Crippen LogP contribution in [0.1, 0.15) is 57.0 Å². The molecular weight excluding hydrogens is 370 g/mol. The van der Waals surface area contributed by atoms with Gasteiger partial charge in [-0.05, 0) is 42.7 Å². The summed E-state index contributed by atoms with van der Waals surface area (Å²) in [7, 11) is -0.892. The molecule has 1 aliphatic carbocycles. The number of rotatable bonds is 6. The lowest BCUT2D eigenvalue weighted by atomic mass is 10.0. The number of aromatic carboxylic acids is 1. The number of anilines is 1. The molecule has 0 radical (unpaired) electrons. The minimum Gasteiger partial charge on any atom is -0.477 e. The van der Waals surface area contributed by atoms with Crippen LogP contribution in [0.2, 0.25) is 0 Å². The van der Waals surface area contributed by atoms with Crippen LogP contribution in [-0.2, 0) is 16.6 Å². The zero-order valence-corrected chi connectivity index (χ0v) is 15.9. The summed E-state index contributed by atoms with van der Waals surface area (Å²) < 4.78 is 12.6. The number of amides is 1. The number of hydrogen-bond acceptors (Lipinski definition) is 4. The van der Waals surface area contributed by atoms with Crippen molar-refractivity contribution in [2.24, 2.45) is 0 Å². The minimum atomic E-state index is -1.04. The van der Waals surface area contributed by atoms with E-state index in [1.165, 1.54) is 18.6 Å². The van der Waals surface area contributed by atoms with Crippen LogP contribution in [0, 0.1) is 0 Å². The fourth-order valence-electron chi connectivity index (χ4n) is 3.12. The van der Waals surface area contributed by atoms with Crippen LogP contribution in [0.5, 0.6) is 0 Å². The molecule has 138 valence electrons. The highest BCUT2D eigenvalue weighted by Gasteiger charge is 2.20. The van der Waals surface area contributed by atoms with Crippen molar-refractivity contribution in [2.75, 3.05) is 5.32 Å². The summed E-state index contributed by atoms with van der Waals surface area (Å²) in [6.45, 7) is 0. The lowest BCUT2D eigenvalue weighted by Gasteiger charge is -2.21. The first kappa shape index (κ1) is 18.8. The fourth-order valence-corrected chi connectivity index (χ4v) is 5.46. The Bertz CT molecular complexity index is 824. The molecule has 7 heteroatoms. The van der Waals surface area contributed by atoms with Crippen LogP contribution in [0.3, 0.4) is 0 Å². The molecule has 1 amide bonds. The van der Waals surface area contributed by atoms with Gasteiger partial charge in [-0.3, -0.25) is 9.00 Å². The van der Waals surface area contributed by atoms with E-state index in [0.29, 0.717) is 16.3 Å². The molecule has 26 heavy (non-hydrogen) atoms. The van der Waals surface area contributed by atoms with Gasteiger partial charge in [0.15, 0.2) is 0 Å². The maximum atomic E-state index is 12.6. The van der Waals surface area contributed by atoms with E-state index in [2.05, 4.69) is 5.32 Å². The van der Waals surface area contributed by atoms with Crippen molar-refractivity contribution in [2.45, 2.75) is 43.1 Å². The van der Waals surface area contributed by atoms with Crippen molar-refractivity contribution >= 4 is 39.7 Å². The minimum absolute atomic E-state index is 0.131. The molecule has 0 spiro atoms. The molecule has 2 aromatic rings. The van der Waals surface area contributed by atoms with E-state index in [0.717, 1.165) is 42.6 Å².